The second-order valence-corrected chi connectivity index (χ2v) is 8.08. The monoisotopic (exact) mass is 459 g/mol. The number of aromatic nitrogens is 3. The van der Waals surface area contributed by atoms with E-state index in [1.54, 1.807) is 0 Å². The first-order valence-corrected chi connectivity index (χ1v) is 11.4. The summed E-state index contributed by atoms with van der Waals surface area (Å²) in [6.07, 6.45) is 7.49. The SMILES string of the molecule is CCCN=C(C(=O)Nc1cnc(N)nc1)c1cc(-c2cncc(N3CCOCC3)c2)ccc1C. The van der Waals surface area contributed by atoms with E-state index in [-0.39, 0.29) is 11.9 Å². The van der Waals surface area contributed by atoms with E-state index < -0.39 is 0 Å². The number of nitrogens with zero attached hydrogens (tertiary/aromatic N) is 5. The molecule has 1 fully saturated rings. The number of carbonyl (C=O) groups excluding carboxylic acids is 1. The molecule has 0 radical (unpaired) electrons. The van der Waals surface area contributed by atoms with Crippen LogP contribution in [0, 0.1) is 6.92 Å². The van der Waals surface area contributed by atoms with Crippen LogP contribution < -0.4 is 16.0 Å². The number of nitrogen functional groups attached to an aromatic ring is 1. The number of pyridine rings is 1. The quantitative estimate of drug-likeness (QED) is 0.521. The van der Waals surface area contributed by atoms with Crippen LogP contribution in [0.4, 0.5) is 17.3 Å². The van der Waals surface area contributed by atoms with Gasteiger partial charge in [0, 0.05) is 37.0 Å². The summed E-state index contributed by atoms with van der Waals surface area (Å²) in [4.78, 5) is 32.4. The number of ether oxygens (including phenoxy) is 1. The molecule has 0 atom stereocenters. The summed E-state index contributed by atoms with van der Waals surface area (Å²) >= 11 is 0. The number of anilines is 3. The van der Waals surface area contributed by atoms with Crippen LogP contribution >= 0.6 is 0 Å². The number of nitrogens with two attached hydrogens (primary N) is 1. The van der Waals surface area contributed by atoms with E-state index >= 15 is 0 Å². The molecule has 176 valence electrons. The number of aliphatic imine (C=N–C) groups is 1. The molecule has 0 saturated carbocycles. The van der Waals surface area contributed by atoms with E-state index in [1.807, 2.05) is 44.4 Å². The minimum atomic E-state index is -0.317. The third kappa shape index (κ3) is 5.55. The molecule has 34 heavy (non-hydrogen) atoms. The Balaban J connectivity index is 1.65. The lowest BCUT2D eigenvalue weighted by atomic mass is 9.97. The number of aryl methyl sites for hydroxylation is 1. The Morgan fingerprint density at radius 3 is 2.62 bits per heavy atom. The van der Waals surface area contributed by atoms with E-state index in [0.717, 1.165) is 47.5 Å². The lowest BCUT2D eigenvalue weighted by molar-refractivity contribution is -0.110. The fraction of sp³-hybridized carbons (Fsp3) is 0.320. The van der Waals surface area contributed by atoms with Gasteiger partial charge in [0.15, 0.2) is 0 Å². The van der Waals surface area contributed by atoms with Gasteiger partial charge < -0.3 is 20.7 Å². The molecule has 9 heteroatoms. The highest BCUT2D eigenvalue weighted by Crippen LogP contribution is 2.27. The van der Waals surface area contributed by atoms with Crippen molar-refractivity contribution < 1.29 is 9.53 Å². The van der Waals surface area contributed by atoms with Crippen molar-refractivity contribution in [2.45, 2.75) is 20.3 Å². The molecule has 3 N–H and O–H groups in total. The van der Waals surface area contributed by atoms with Crippen molar-refractivity contribution in [3.63, 3.8) is 0 Å². The lowest BCUT2D eigenvalue weighted by Gasteiger charge is -2.28. The summed E-state index contributed by atoms with van der Waals surface area (Å²) in [6, 6.07) is 8.18. The summed E-state index contributed by atoms with van der Waals surface area (Å²) in [5, 5.41) is 2.83. The molecule has 1 saturated heterocycles. The van der Waals surface area contributed by atoms with Crippen LogP contribution in [0.15, 0.2) is 54.0 Å². The molecule has 1 aliphatic heterocycles. The Labute approximate surface area is 199 Å². The van der Waals surface area contributed by atoms with Gasteiger partial charge in [-0.05, 0) is 36.6 Å². The normalized spacial score (nSPS) is 14.2. The zero-order valence-corrected chi connectivity index (χ0v) is 19.5. The van der Waals surface area contributed by atoms with Gasteiger partial charge in [-0.25, -0.2) is 9.97 Å². The number of nitrogens with one attached hydrogen (secondary N) is 1. The van der Waals surface area contributed by atoms with Crippen LogP contribution in [-0.2, 0) is 9.53 Å². The van der Waals surface area contributed by atoms with Gasteiger partial charge in [-0.15, -0.1) is 0 Å². The van der Waals surface area contributed by atoms with Crippen molar-refractivity contribution in [1.29, 1.82) is 0 Å². The van der Waals surface area contributed by atoms with Gasteiger partial charge in [-0.1, -0.05) is 19.1 Å². The number of benzene rings is 1. The molecule has 0 bridgehead atoms. The minimum absolute atomic E-state index is 0.148. The molecule has 3 aromatic rings. The van der Waals surface area contributed by atoms with E-state index in [1.165, 1.54) is 12.4 Å². The lowest BCUT2D eigenvalue weighted by Crippen LogP contribution is -2.36. The summed E-state index contributed by atoms with van der Waals surface area (Å²) in [5.74, 6) is -0.170. The first-order chi connectivity index (χ1) is 16.5. The Bertz CT molecular complexity index is 1170. The minimum Gasteiger partial charge on any atom is -0.378 e. The molecule has 3 heterocycles. The Hall–Kier alpha value is -3.85. The highest BCUT2D eigenvalue weighted by atomic mass is 16.5. The number of carbonyl (C=O) groups is 1. The standard InChI is InChI=1S/C25H29N7O2/c1-3-6-28-23(24(33)31-20-14-29-25(26)30-15-20)22-12-18(5-4-17(22)2)19-11-21(16-27-13-19)32-7-9-34-10-8-32/h4-5,11-16H,3,6-10H2,1-2H3,(H,31,33)(H2,26,29,30). The van der Waals surface area contributed by atoms with Gasteiger partial charge >= 0.3 is 0 Å². The van der Waals surface area contributed by atoms with Gasteiger partial charge in [-0.2, -0.15) is 0 Å². The number of rotatable bonds is 7. The smallest absolute Gasteiger partial charge is 0.274 e. The predicted octanol–water partition coefficient (Wildman–Crippen LogP) is 3.10. The largest absolute Gasteiger partial charge is 0.378 e. The van der Waals surface area contributed by atoms with Gasteiger partial charge in [0.25, 0.3) is 5.91 Å². The molecule has 1 aliphatic rings. The molecule has 1 aromatic carbocycles. The van der Waals surface area contributed by atoms with Gasteiger partial charge in [0.1, 0.15) is 5.71 Å². The number of morpholine rings is 1. The number of amides is 1. The van der Waals surface area contributed by atoms with Crippen molar-refractivity contribution >= 4 is 28.9 Å². The first kappa shape index (κ1) is 23.3. The second-order valence-electron chi connectivity index (χ2n) is 8.08. The molecule has 9 nitrogen and oxygen atoms in total. The van der Waals surface area contributed by atoms with Gasteiger partial charge in [0.2, 0.25) is 5.95 Å². The molecule has 1 amide bonds. The average molecular weight is 460 g/mol. The summed E-state index contributed by atoms with van der Waals surface area (Å²) < 4.78 is 5.47. The van der Waals surface area contributed by atoms with Crippen LogP contribution in [0.2, 0.25) is 0 Å². The topological polar surface area (TPSA) is 119 Å². The van der Waals surface area contributed by atoms with Crippen molar-refractivity contribution in [2.24, 2.45) is 4.99 Å². The molecule has 0 spiro atoms. The van der Waals surface area contributed by atoms with E-state index in [2.05, 4.69) is 36.2 Å². The predicted molar refractivity (Wildman–Crippen MR) is 134 cm³/mol. The van der Waals surface area contributed by atoms with Crippen molar-refractivity contribution in [1.82, 2.24) is 15.0 Å². The zero-order valence-electron chi connectivity index (χ0n) is 19.5. The fourth-order valence-electron chi connectivity index (χ4n) is 3.73. The maximum absolute atomic E-state index is 13.2. The number of hydrogen-bond donors (Lipinski definition) is 2. The molecule has 2 aromatic heterocycles. The van der Waals surface area contributed by atoms with Crippen LogP contribution in [0.5, 0.6) is 0 Å². The van der Waals surface area contributed by atoms with Crippen molar-refractivity contribution in [3.05, 3.63) is 60.2 Å². The maximum Gasteiger partial charge on any atom is 0.274 e. The molecular weight excluding hydrogens is 430 g/mol. The molecular formula is C25H29N7O2. The van der Waals surface area contributed by atoms with Gasteiger partial charge in [-0.3, -0.25) is 14.8 Å². The third-order valence-electron chi connectivity index (χ3n) is 5.56. The van der Waals surface area contributed by atoms with Crippen LogP contribution in [0.1, 0.15) is 24.5 Å². The van der Waals surface area contributed by atoms with Gasteiger partial charge in [0.05, 0.1) is 43.2 Å². The highest BCUT2D eigenvalue weighted by molar-refractivity contribution is 6.49. The third-order valence-corrected chi connectivity index (χ3v) is 5.56. The second kappa shape index (κ2) is 10.8. The summed E-state index contributed by atoms with van der Waals surface area (Å²) in [6.45, 7) is 7.65. The summed E-state index contributed by atoms with van der Waals surface area (Å²) in [5.41, 5.74) is 11.1. The van der Waals surface area contributed by atoms with Crippen molar-refractivity contribution in [2.75, 3.05) is 48.8 Å². The Kier molecular flexibility index (Phi) is 7.44. The Morgan fingerprint density at radius 1 is 1.12 bits per heavy atom. The molecule has 0 unspecified atom stereocenters. The van der Waals surface area contributed by atoms with Crippen LogP contribution in [0.25, 0.3) is 11.1 Å². The maximum atomic E-state index is 13.2. The molecule has 0 aliphatic carbocycles. The van der Waals surface area contributed by atoms with E-state index in [4.69, 9.17) is 10.5 Å². The fourth-order valence-corrected chi connectivity index (χ4v) is 3.73. The first-order valence-electron chi connectivity index (χ1n) is 11.4. The highest BCUT2D eigenvalue weighted by Gasteiger charge is 2.18. The summed E-state index contributed by atoms with van der Waals surface area (Å²) in [7, 11) is 0. The zero-order chi connectivity index (χ0) is 23.9. The molecule has 4 rings (SSSR count). The van der Waals surface area contributed by atoms with Crippen LogP contribution in [0.3, 0.4) is 0 Å². The van der Waals surface area contributed by atoms with Crippen molar-refractivity contribution in [3.8, 4) is 11.1 Å². The number of hydrogen-bond acceptors (Lipinski definition) is 8. The van der Waals surface area contributed by atoms with Crippen LogP contribution in [-0.4, -0.2) is 59.4 Å². The average Bonchev–Trinajstić information content (AvgIpc) is 2.87. The van der Waals surface area contributed by atoms with E-state index in [9.17, 15) is 4.79 Å². The van der Waals surface area contributed by atoms with E-state index in [0.29, 0.717) is 31.2 Å². The Morgan fingerprint density at radius 2 is 1.88 bits per heavy atom.